The topological polar surface area (TPSA) is 66.7 Å². The third kappa shape index (κ3) is 2.96. The maximum Gasteiger partial charge on any atom is 0.104 e. The van der Waals surface area contributed by atoms with Crippen molar-refractivity contribution in [1.29, 1.82) is 0 Å². The first-order chi connectivity index (χ1) is 9.20. The predicted octanol–water partition coefficient (Wildman–Crippen LogP) is 1.74. The number of rotatable bonds is 5. The summed E-state index contributed by atoms with van der Waals surface area (Å²) >= 11 is 0. The number of imidazole rings is 1. The standard InChI is InChI=1S/C15H22N4/c1-10-18-14-3-2-11(8-15(14)19-10)4-5-17-9-12-6-13(16)7-12/h2-3,8,12-13,17H,4-7,9,16H2,1H3,(H,18,19). The van der Waals surface area contributed by atoms with Crippen LogP contribution in [-0.4, -0.2) is 29.1 Å². The van der Waals surface area contributed by atoms with Crippen LogP contribution in [0.25, 0.3) is 11.0 Å². The van der Waals surface area contributed by atoms with Crippen LogP contribution in [0, 0.1) is 12.8 Å². The third-order valence-corrected chi connectivity index (χ3v) is 3.96. The van der Waals surface area contributed by atoms with Crippen molar-refractivity contribution in [2.24, 2.45) is 11.7 Å². The maximum atomic E-state index is 5.78. The van der Waals surface area contributed by atoms with E-state index in [2.05, 4.69) is 33.5 Å². The second-order valence-corrected chi connectivity index (χ2v) is 5.73. The van der Waals surface area contributed by atoms with Gasteiger partial charge in [-0.1, -0.05) is 6.07 Å². The summed E-state index contributed by atoms with van der Waals surface area (Å²) in [7, 11) is 0. The van der Waals surface area contributed by atoms with E-state index in [-0.39, 0.29) is 0 Å². The van der Waals surface area contributed by atoms with Crippen molar-refractivity contribution in [3.8, 4) is 0 Å². The van der Waals surface area contributed by atoms with Crippen LogP contribution >= 0.6 is 0 Å². The highest BCUT2D eigenvalue weighted by molar-refractivity contribution is 5.75. The molecule has 0 amide bonds. The van der Waals surface area contributed by atoms with Gasteiger partial charge in [-0.2, -0.15) is 0 Å². The fraction of sp³-hybridized carbons (Fsp3) is 0.533. The molecular formula is C15H22N4. The number of aromatic nitrogens is 2. The van der Waals surface area contributed by atoms with Gasteiger partial charge in [0.15, 0.2) is 0 Å². The molecule has 1 aromatic heterocycles. The lowest BCUT2D eigenvalue weighted by Gasteiger charge is -2.32. The van der Waals surface area contributed by atoms with Gasteiger partial charge in [0.25, 0.3) is 0 Å². The Bertz CT molecular complexity index is 554. The van der Waals surface area contributed by atoms with Gasteiger partial charge in [-0.05, 0) is 62.9 Å². The Balaban J connectivity index is 1.48. The molecule has 4 heteroatoms. The van der Waals surface area contributed by atoms with Gasteiger partial charge >= 0.3 is 0 Å². The molecule has 4 nitrogen and oxygen atoms in total. The summed E-state index contributed by atoms with van der Waals surface area (Å²) in [5.74, 6) is 1.78. The van der Waals surface area contributed by atoms with E-state index in [9.17, 15) is 0 Å². The Morgan fingerprint density at radius 3 is 3.05 bits per heavy atom. The summed E-state index contributed by atoms with van der Waals surface area (Å²) in [6.45, 7) is 4.13. The van der Waals surface area contributed by atoms with E-state index in [4.69, 9.17) is 5.73 Å². The molecule has 1 aliphatic carbocycles. The highest BCUT2D eigenvalue weighted by atomic mass is 14.9. The number of nitrogens with two attached hydrogens (primary N) is 1. The quantitative estimate of drug-likeness (QED) is 0.716. The third-order valence-electron chi connectivity index (χ3n) is 3.96. The van der Waals surface area contributed by atoms with Crippen molar-refractivity contribution in [3.05, 3.63) is 29.6 Å². The molecule has 19 heavy (non-hydrogen) atoms. The molecular weight excluding hydrogens is 236 g/mol. The molecule has 3 rings (SSSR count). The molecule has 1 aromatic carbocycles. The second-order valence-electron chi connectivity index (χ2n) is 5.73. The van der Waals surface area contributed by atoms with Crippen LogP contribution < -0.4 is 11.1 Å². The van der Waals surface area contributed by atoms with Crippen LogP contribution in [0.5, 0.6) is 0 Å². The SMILES string of the molecule is Cc1nc2ccc(CCNCC3CC(N)C3)cc2[nH]1. The first-order valence-corrected chi connectivity index (χ1v) is 7.12. The van der Waals surface area contributed by atoms with Crippen molar-refractivity contribution in [1.82, 2.24) is 15.3 Å². The summed E-state index contributed by atoms with van der Waals surface area (Å²) in [6.07, 6.45) is 3.44. The normalized spacial score (nSPS) is 22.6. The highest BCUT2D eigenvalue weighted by Crippen LogP contribution is 2.24. The van der Waals surface area contributed by atoms with Crippen molar-refractivity contribution in [3.63, 3.8) is 0 Å². The molecule has 4 N–H and O–H groups in total. The van der Waals surface area contributed by atoms with Crippen LogP contribution in [0.1, 0.15) is 24.2 Å². The molecule has 1 fully saturated rings. The number of nitrogens with zero attached hydrogens (tertiary/aromatic N) is 1. The molecule has 102 valence electrons. The first kappa shape index (κ1) is 12.6. The van der Waals surface area contributed by atoms with Gasteiger partial charge in [0.2, 0.25) is 0 Å². The fourth-order valence-corrected chi connectivity index (χ4v) is 2.83. The number of aryl methyl sites for hydroxylation is 1. The van der Waals surface area contributed by atoms with Crippen molar-refractivity contribution in [2.75, 3.05) is 13.1 Å². The summed E-state index contributed by atoms with van der Waals surface area (Å²) in [5, 5.41) is 3.53. The van der Waals surface area contributed by atoms with Gasteiger partial charge < -0.3 is 16.0 Å². The molecule has 0 atom stereocenters. The first-order valence-electron chi connectivity index (χ1n) is 7.12. The molecule has 0 unspecified atom stereocenters. The zero-order chi connectivity index (χ0) is 13.2. The molecule has 0 aliphatic heterocycles. The van der Waals surface area contributed by atoms with E-state index in [1.165, 1.54) is 18.4 Å². The number of benzene rings is 1. The molecule has 0 saturated heterocycles. The lowest BCUT2D eigenvalue weighted by molar-refractivity contribution is 0.257. The molecule has 1 aliphatic rings. The van der Waals surface area contributed by atoms with Crippen molar-refractivity contribution < 1.29 is 0 Å². The number of nitrogens with one attached hydrogen (secondary N) is 2. The Labute approximate surface area is 113 Å². The van der Waals surface area contributed by atoms with Crippen LogP contribution in [0.4, 0.5) is 0 Å². The van der Waals surface area contributed by atoms with Crippen molar-refractivity contribution in [2.45, 2.75) is 32.2 Å². The van der Waals surface area contributed by atoms with E-state index in [0.717, 1.165) is 42.3 Å². The number of hydrogen-bond donors (Lipinski definition) is 3. The average Bonchev–Trinajstić information content (AvgIpc) is 2.71. The van der Waals surface area contributed by atoms with Gasteiger partial charge in [-0.15, -0.1) is 0 Å². The van der Waals surface area contributed by atoms with E-state index in [1.807, 2.05) is 6.92 Å². The fourth-order valence-electron chi connectivity index (χ4n) is 2.83. The lowest BCUT2D eigenvalue weighted by Crippen LogP contribution is -2.41. The minimum Gasteiger partial charge on any atom is -0.342 e. The van der Waals surface area contributed by atoms with Gasteiger partial charge in [-0.25, -0.2) is 4.98 Å². The molecule has 0 bridgehead atoms. The Morgan fingerprint density at radius 1 is 1.42 bits per heavy atom. The molecule has 0 spiro atoms. The monoisotopic (exact) mass is 258 g/mol. The minimum atomic E-state index is 0.456. The largest absolute Gasteiger partial charge is 0.342 e. The number of H-pyrrole nitrogens is 1. The summed E-state index contributed by atoms with van der Waals surface area (Å²) in [6, 6.07) is 6.93. The zero-order valence-electron chi connectivity index (χ0n) is 11.4. The van der Waals surface area contributed by atoms with E-state index >= 15 is 0 Å². The Kier molecular flexibility index (Phi) is 3.53. The van der Waals surface area contributed by atoms with Gasteiger partial charge in [0.05, 0.1) is 11.0 Å². The predicted molar refractivity (Wildman–Crippen MR) is 78.1 cm³/mol. The van der Waals surface area contributed by atoms with E-state index in [1.54, 1.807) is 0 Å². The number of fused-ring (bicyclic) bond motifs is 1. The summed E-state index contributed by atoms with van der Waals surface area (Å²) in [5.41, 5.74) is 9.33. The van der Waals surface area contributed by atoms with E-state index < -0.39 is 0 Å². The molecule has 2 aromatic rings. The smallest absolute Gasteiger partial charge is 0.104 e. The van der Waals surface area contributed by atoms with Gasteiger partial charge in [-0.3, -0.25) is 0 Å². The molecule has 0 radical (unpaired) electrons. The molecule has 1 saturated carbocycles. The zero-order valence-corrected chi connectivity index (χ0v) is 11.4. The Morgan fingerprint density at radius 2 is 2.26 bits per heavy atom. The minimum absolute atomic E-state index is 0.456. The molecule has 1 heterocycles. The van der Waals surface area contributed by atoms with Gasteiger partial charge in [0, 0.05) is 6.04 Å². The lowest BCUT2D eigenvalue weighted by atomic mass is 9.81. The van der Waals surface area contributed by atoms with Crippen LogP contribution in [0.3, 0.4) is 0 Å². The number of aromatic amines is 1. The van der Waals surface area contributed by atoms with Crippen LogP contribution in [-0.2, 0) is 6.42 Å². The summed E-state index contributed by atoms with van der Waals surface area (Å²) < 4.78 is 0. The maximum absolute atomic E-state index is 5.78. The van der Waals surface area contributed by atoms with Crippen LogP contribution in [0.2, 0.25) is 0 Å². The van der Waals surface area contributed by atoms with Gasteiger partial charge in [0.1, 0.15) is 5.82 Å². The highest BCUT2D eigenvalue weighted by Gasteiger charge is 2.24. The number of hydrogen-bond acceptors (Lipinski definition) is 3. The summed E-state index contributed by atoms with van der Waals surface area (Å²) in [4.78, 5) is 7.70. The van der Waals surface area contributed by atoms with Crippen molar-refractivity contribution >= 4 is 11.0 Å². The van der Waals surface area contributed by atoms with E-state index in [0.29, 0.717) is 6.04 Å². The second kappa shape index (κ2) is 5.31. The average molecular weight is 258 g/mol. The Hall–Kier alpha value is -1.39. The van der Waals surface area contributed by atoms with Crippen LogP contribution in [0.15, 0.2) is 18.2 Å².